The summed E-state index contributed by atoms with van der Waals surface area (Å²) in [6.45, 7) is 6.13. The van der Waals surface area contributed by atoms with Gasteiger partial charge in [0, 0.05) is 68.3 Å². The molecule has 0 spiro atoms. The highest BCUT2D eigenvalue weighted by Crippen LogP contribution is 2.43. The van der Waals surface area contributed by atoms with Gasteiger partial charge in [-0.1, -0.05) is 128 Å². The van der Waals surface area contributed by atoms with Crippen LogP contribution in [0.4, 0.5) is 0 Å². The normalized spacial score (nSPS) is 11.9. The van der Waals surface area contributed by atoms with E-state index in [1.54, 1.807) is 22.7 Å². The van der Waals surface area contributed by atoms with Crippen LogP contribution in [0.2, 0.25) is 0 Å². The SMILES string of the molecule is C=Cc1c(/C=C\C)sc2cc(-c3nc(-c4ccccc4)nc(-c4cccc5sc6cc(-c7nc(-c8ccccc8)c8oc9ccccc9c8n7)ccc6c45)n3)ccc12. The lowest BCUT2D eigenvalue weighted by molar-refractivity contribution is 0.667. The van der Waals surface area contributed by atoms with Crippen molar-refractivity contribution in [2.75, 3.05) is 0 Å². The maximum Gasteiger partial charge on any atom is 0.180 e. The molecule has 5 heterocycles. The number of fused-ring (bicyclic) bond motifs is 7. The van der Waals surface area contributed by atoms with Crippen molar-refractivity contribution in [3.05, 3.63) is 163 Å². The van der Waals surface area contributed by atoms with Crippen molar-refractivity contribution in [2.45, 2.75) is 6.92 Å². The zero-order valence-corrected chi connectivity index (χ0v) is 32.8. The number of para-hydroxylation sites is 1. The Balaban J connectivity index is 1.08. The Morgan fingerprint density at radius 2 is 1.19 bits per heavy atom. The number of nitrogens with zero attached hydrogens (tertiary/aromatic N) is 5. The number of allylic oxidation sites excluding steroid dienone is 1. The summed E-state index contributed by atoms with van der Waals surface area (Å²) >= 11 is 3.49. The lowest BCUT2D eigenvalue weighted by Crippen LogP contribution is -2.00. The number of benzene rings is 6. The van der Waals surface area contributed by atoms with Crippen molar-refractivity contribution < 1.29 is 4.42 Å². The van der Waals surface area contributed by atoms with Gasteiger partial charge in [-0.05, 0) is 48.9 Å². The molecule has 5 aromatic heterocycles. The number of aromatic nitrogens is 5. The molecule has 6 aromatic carbocycles. The summed E-state index contributed by atoms with van der Waals surface area (Å²) in [5, 5.41) is 4.36. The lowest BCUT2D eigenvalue weighted by atomic mass is 10.0. The lowest BCUT2D eigenvalue weighted by Gasteiger charge is -2.10. The van der Waals surface area contributed by atoms with E-state index in [-0.39, 0.29) is 0 Å². The summed E-state index contributed by atoms with van der Waals surface area (Å²) in [7, 11) is 0. The second-order valence-corrected chi connectivity index (χ2v) is 16.2. The number of furan rings is 1. The van der Waals surface area contributed by atoms with E-state index in [4.69, 9.17) is 29.3 Å². The van der Waals surface area contributed by atoms with Gasteiger partial charge >= 0.3 is 0 Å². The van der Waals surface area contributed by atoms with E-state index in [0.29, 0.717) is 28.9 Å². The van der Waals surface area contributed by atoms with Gasteiger partial charge in [-0.2, -0.15) is 0 Å². The predicted molar refractivity (Wildman–Crippen MR) is 243 cm³/mol. The average Bonchev–Trinajstić information content (AvgIpc) is 3.96. The third kappa shape index (κ3) is 5.64. The summed E-state index contributed by atoms with van der Waals surface area (Å²) in [4.78, 5) is 26.9. The molecule has 0 atom stereocenters. The van der Waals surface area contributed by atoms with Crippen molar-refractivity contribution in [1.29, 1.82) is 0 Å². The van der Waals surface area contributed by atoms with Crippen molar-refractivity contribution in [2.24, 2.45) is 0 Å². The fourth-order valence-electron chi connectivity index (χ4n) is 7.76. The van der Waals surface area contributed by atoms with Crippen molar-refractivity contribution in [3.8, 4) is 56.8 Å². The summed E-state index contributed by atoms with van der Waals surface area (Å²) < 4.78 is 9.78. The van der Waals surface area contributed by atoms with Crippen molar-refractivity contribution in [1.82, 2.24) is 24.9 Å². The molecule has 0 unspecified atom stereocenters. The minimum absolute atomic E-state index is 0.624. The Bertz CT molecular complexity index is 3440. The van der Waals surface area contributed by atoms with E-state index >= 15 is 0 Å². The Kier molecular flexibility index (Phi) is 8.13. The zero-order chi connectivity index (χ0) is 38.7. The Morgan fingerprint density at radius 3 is 1.95 bits per heavy atom. The molecule has 6 nitrogen and oxygen atoms in total. The summed E-state index contributed by atoms with van der Waals surface area (Å²) in [6, 6.07) is 47.6. The zero-order valence-electron chi connectivity index (χ0n) is 31.2. The van der Waals surface area contributed by atoms with Gasteiger partial charge in [-0.3, -0.25) is 0 Å². The number of thiophene rings is 2. The van der Waals surface area contributed by atoms with Crippen LogP contribution in [0.3, 0.4) is 0 Å². The quantitative estimate of drug-likeness (QED) is 0.160. The first-order valence-corrected chi connectivity index (χ1v) is 20.6. The van der Waals surface area contributed by atoms with E-state index in [2.05, 4.69) is 91.5 Å². The molecular formula is C50H31N5OS2. The second kappa shape index (κ2) is 13.8. The third-order valence-electron chi connectivity index (χ3n) is 10.5. The fraction of sp³-hybridized carbons (Fsp3) is 0.0200. The molecule has 11 aromatic rings. The van der Waals surface area contributed by atoms with Crippen LogP contribution < -0.4 is 0 Å². The average molecular weight is 782 g/mol. The first-order valence-electron chi connectivity index (χ1n) is 19.0. The minimum Gasteiger partial charge on any atom is -0.452 e. The molecular weight excluding hydrogens is 751 g/mol. The maximum absolute atomic E-state index is 6.36. The van der Waals surface area contributed by atoms with Gasteiger partial charge in [-0.25, -0.2) is 24.9 Å². The van der Waals surface area contributed by atoms with Gasteiger partial charge < -0.3 is 4.42 Å². The third-order valence-corrected chi connectivity index (χ3v) is 12.7. The van der Waals surface area contributed by atoms with Crippen LogP contribution in [-0.2, 0) is 0 Å². The van der Waals surface area contributed by atoms with Crippen LogP contribution in [-0.4, -0.2) is 24.9 Å². The highest BCUT2D eigenvalue weighted by Gasteiger charge is 2.21. The Hall–Kier alpha value is -7.13. The molecule has 0 aliphatic carbocycles. The van der Waals surface area contributed by atoms with Gasteiger partial charge in [0.2, 0.25) is 0 Å². The highest BCUT2D eigenvalue weighted by molar-refractivity contribution is 7.26. The summed E-state index contributed by atoms with van der Waals surface area (Å²) in [5.74, 6) is 2.52. The van der Waals surface area contributed by atoms with E-state index in [1.165, 1.54) is 10.3 Å². The second-order valence-electron chi connectivity index (χ2n) is 14.0. The smallest absolute Gasteiger partial charge is 0.180 e. The molecule has 274 valence electrons. The number of rotatable bonds is 7. The molecule has 0 saturated carbocycles. The van der Waals surface area contributed by atoms with E-state index in [0.717, 1.165) is 80.4 Å². The molecule has 0 bridgehead atoms. The standard InChI is InChI=1S/C50H31N5OS2/c1-3-14-39-33(4-2)34-25-23-32(27-41(34)57-39)49-53-47(30-17-9-6-10-18-30)54-50(55-49)37-20-13-22-40-43(37)36-26-24-31(28-42(36)58-40)48-51-44(29-15-7-5-8-16-29)46-45(52-48)35-19-11-12-21-38(35)56-46/h3-28H,2H2,1H3/b14-3-. The molecule has 0 aliphatic heterocycles. The molecule has 11 rings (SSSR count). The van der Waals surface area contributed by atoms with Crippen LogP contribution in [0, 0.1) is 0 Å². The van der Waals surface area contributed by atoms with Crippen LogP contribution in [0.1, 0.15) is 17.4 Å². The van der Waals surface area contributed by atoms with Crippen LogP contribution in [0.25, 0.3) is 121 Å². The summed E-state index contributed by atoms with van der Waals surface area (Å²) in [6.07, 6.45) is 6.14. The first kappa shape index (κ1) is 34.1. The van der Waals surface area contributed by atoms with E-state index in [9.17, 15) is 0 Å². The van der Waals surface area contributed by atoms with Crippen molar-refractivity contribution >= 4 is 87.2 Å². The first-order chi connectivity index (χ1) is 28.6. The predicted octanol–water partition coefficient (Wildman–Crippen LogP) is 14.2. The highest BCUT2D eigenvalue weighted by atomic mass is 32.1. The monoisotopic (exact) mass is 781 g/mol. The van der Waals surface area contributed by atoms with Gasteiger partial charge in [0.05, 0.1) is 0 Å². The van der Waals surface area contributed by atoms with Gasteiger partial charge in [0.15, 0.2) is 28.9 Å². The summed E-state index contributed by atoms with van der Waals surface area (Å²) in [5.41, 5.74) is 8.91. The van der Waals surface area contributed by atoms with Gasteiger partial charge in [-0.15, -0.1) is 22.7 Å². The van der Waals surface area contributed by atoms with Gasteiger partial charge in [0.1, 0.15) is 16.8 Å². The number of hydrogen-bond donors (Lipinski definition) is 0. The molecule has 8 heteroatoms. The van der Waals surface area contributed by atoms with Crippen LogP contribution >= 0.6 is 22.7 Å². The molecule has 0 radical (unpaired) electrons. The Labute approximate surface area is 341 Å². The molecule has 0 N–H and O–H groups in total. The maximum atomic E-state index is 6.36. The molecule has 0 aliphatic rings. The van der Waals surface area contributed by atoms with E-state index in [1.807, 2.05) is 79.7 Å². The van der Waals surface area contributed by atoms with Crippen LogP contribution in [0.15, 0.2) is 157 Å². The molecule has 58 heavy (non-hydrogen) atoms. The minimum atomic E-state index is 0.624. The molecule has 0 fully saturated rings. The number of hydrogen-bond acceptors (Lipinski definition) is 8. The topological polar surface area (TPSA) is 77.6 Å². The fourth-order valence-corrected chi connectivity index (χ4v) is 10.2. The molecule has 0 amide bonds. The van der Waals surface area contributed by atoms with Crippen molar-refractivity contribution in [3.63, 3.8) is 0 Å². The largest absolute Gasteiger partial charge is 0.452 e. The molecule has 0 saturated heterocycles. The Morgan fingerprint density at radius 1 is 0.534 bits per heavy atom. The van der Waals surface area contributed by atoms with Gasteiger partial charge in [0.25, 0.3) is 0 Å². The van der Waals surface area contributed by atoms with E-state index < -0.39 is 0 Å². The van der Waals surface area contributed by atoms with Crippen LogP contribution in [0.5, 0.6) is 0 Å².